The smallest absolute Gasteiger partial charge is 0.132 e. The fourth-order valence-corrected chi connectivity index (χ4v) is 4.37. The molecule has 0 aromatic carbocycles. The SMILES string of the molecule is C[C@H]1O[C@@H]1[C@H]1C[C@@H]1C1=C(Br)[C@@H]2O[C@@H](C=C=CBr)C[C@@H]2O1. The summed E-state index contributed by atoms with van der Waals surface area (Å²) in [4.78, 5) is 1.72. The minimum atomic E-state index is 0.0576. The van der Waals surface area contributed by atoms with Crippen LogP contribution < -0.4 is 0 Å². The van der Waals surface area contributed by atoms with Crippen LogP contribution in [0, 0.1) is 11.8 Å². The predicted molar refractivity (Wildman–Crippen MR) is 81.6 cm³/mol. The van der Waals surface area contributed by atoms with Gasteiger partial charge >= 0.3 is 0 Å². The third-order valence-corrected chi connectivity index (χ3v) is 5.70. The molecule has 3 fully saturated rings. The largest absolute Gasteiger partial charge is 0.490 e. The van der Waals surface area contributed by atoms with E-state index in [1.54, 1.807) is 4.99 Å². The highest BCUT2D eigenvalue weighted by molar-refractivity contribution is 9.11. The van der Waals surface area contributed by atoms with Gasteiger partial charge in [-0.15, -0.1) is 5.73 Å². The van der Waals surface area contributed by atoms with Gasteiger partial charge in [-0.05, 0) is 41.3 Å². The third-order valence-electron chi connectivity index (χ3n) is 4.59. The second kappa shape index (κ2) is 4.99. The van der Waals surface area contributed by atoms with Crippen LogP contribution in [0.25, 0.3) is 0 Å². The molecule has 0 aromatic heterocycles. The zero-order valence-corrected chi connectivity index (χ0v) is 14.3. The molecule has 0 radical (unpaired) electrons. The molecule has 1 saturated carbocycles. The summed E-state index contributed by atoms with van der Waals surface area (Å²) in [5.41, 5.74) is 3.01. The minimum absolute atomic E-state index is 0.0576. The molecule has 0 spiro atoms. The van der Waals surface area contributed by atoms with Crippen molar-refractivity contribution in [2.75, 3.05) is 0 Å². The Morgan fingerprint density at radius 3 is 2.75 bits per heavy atom. The fourth-order valence-electron chi connectivity index (χ4n) is 3.42. The molecule has 0 N–H and O–H groups in total. The Morgan fingerprint density at radius 1 is 1.30 bits per heavy atom. The number of ether oxygens (including phenoxy) is 3. The molecule has 0 aromatic rings. The molecule has 7 atom stereocenters. The molecule has 5 heteroatoms. The van der Waals surface area contributed by atoms with E-state index in [0.29, 0.717) is 24.0 Å². The minimum Gasteiger partial charge on any atom is -0.490 e. The maximum atomic E-state index is 6.16. The van der Waals surface area contributed by atoms with Crippen LogP contribution in [0.15, 0.2) is 27.0 Å². The molecule has 0 unspecified atom stereocenters. The quantitative estimate of drug-likeness (QED) is 0.532. The first-order valence-corrected chi connectivity index (χ1v) is 8.78. The van der Waals surface area contributed by atoms with Gasteiger partial charge in [0.15, 0.2) is 0 Å². The predicted octanol–water partition coefficient (Wildman–Crippen LogP) is 3.64. The summed E-state index contributed by atoms with van der Waals surface area (Å²) in [5, 5.41) is 0. The van der Waals surface area contributed by atoms with Crippen molar-refractivity contribution >= 4 is 31.9 Å². The second-order valence-electron chi connectivity index (χ2n) is 5.95. The van der Waals surface area contributed by atoms with Gasteiger partial charge in [0, 0.05) is 17.3 Å². The van der Waals surface area contributed by atoms with Crippen LogP contribution >= 0.6 is 31.9 Å². The van der Waals surface area contributed by atoms with Crippen molar-refractivity contribution in [3.63, 3.8) is 0 Å². The van der Waals surface area contributed by atoms with E-state index in [-0.39, 0.29) is 18.3 Å². The molecule has 2 saturated heterocycles. The molecule has 3 aliphatic heterocycles. The highest BCUT2D eigenvalue weighted by Crippen LogP contribution is 2.57. The lowest BCUT2D eigenvalue weighted by Crippen LogP contribution is -2.16. The summed E-state index contributed by atoms with van der Waals surface area (Å²) in [6, 6.07) is 0. The maximum absolute atomic E-state index is 6.16. The lowest BCUT2D eigenvalue weighted by atomic mass is 10.1. The Balaban J connectivity index is 1.44. The molecular weight excluding hydrogens is 388 g/mol. The summed E-state index contributed by atoms with van der Waals surface area (Å²) in [5.74, 6) is 2.30. The standard InChI is InChI=1S/C15H16Br2O3/c1-7-13(18-7)9-6-10(9)14-12(17)15-11(20-14)5-8(19-15)3-2-4-16/h3-4,7-11,13,15H,5-6H2,1H3/t2?,7-,8+,9+,10+,11+,13+,15-/m1/s1. The van der Waals surface area contributed by atoms with E-state index in [1.807, 2.05) is 6.08 Å². The Kier molecular flexibility index (Phi) is 3.39. The van der Waals surface area contributed by atoms with Crippen LogP contribution in [0.3, 0.4) is 0 Å². The van der Waals surface area contributed by atoms with Gasteiger partial charge in [-0.3, -0.25) is 0 Å². The number of allylic oxidation sites excluding steroid dienone is 1. The summed E-state index contributed by atoms with van der Waals surface area (Å²) >= 11 is 6.91. The van der Waals surface area contributed by atoms with Crippen LogP contribution in [0.4, 0.5) is 0 Å². The molecule has 0 amide bonds. The van der Waals surface area contributed by atoms with Gasteiger partial charge in [0.1, 0.15) is 18.0 Å². The average molecular weight is 404 g/mol. The van der Waals surface area contributed by atoms with E-state index in [0.717, 1.165) is 16.7 Å². The molecule has 3 heterocycles. The van der Waals surface area contributed by atoms with Crippen LogP contribution in [-0.2, 0) is 14.2 Å². The Labute approximate surface area is 135 Å². The van der Waals surface area contributed by atoms with Gasteiger partial charge in [0.25, 0.3) is 0 Å². The van der Waals surface area contributed by atoms with Gasteiger partial charge in [-0.1, -0.05) is 15.9 Å². The van der Waals surface area contributed by atoms with Crippen LogP contribution in [0.1, 0.15) is 19.8 Å². The number of hydrogen-bond acceptors (Lipinski definition) is 3. The van der Waals surface area contributed by atoms with E-state index in [1.165, 1.54) is 6.42 Å². The van der Waals surface area contributed by atoms with Crippen molar-refractivity contribution < 1.29 is 14.2 Å². The fraction of sp³-hybridized carbons (Fsp3) is 0.667. The highest BCUT2D eigenvalue weighted by atomic mass is 79.9. The van der Waals surface area contributed by atoms with E-state index < -0.39 is 0 Å². The average Bonchev–Trinajstić information content (AvgIpc) is 3.28. The molecular formula is C15H16Br2O3. The van der Waals surface area contributed by atoms with Crippen LogP contribution in [0.2, 0.25) is 0 Å². The van der Waals surface area contributed by atoms with Gasteiger partial charge < -0.3 is 14.2 Å². The Morgan fingerprint density at radius 2 is 2.10 bits per heavy atom. The first-order chi connectivity index (χ1) is 9.69. The first kappa shape index (κ1) is 13.6. The summed E-state index contributed by atoms with van der Waals surface area (Å²) in [6.07, 6.45) is 5.22. The van der Waals surface area contributed by atoms with Crippen molar-refractivity contribution in [1.29, 1.82) is 0 Å². The Hall–Kier alpha value is -0.0600. The number of halogens is 2. The van der Waals surface area contributed by atoms with E-state index in [9.17, 15) is 0 Å². The van der Waals surface area contributed by atoms with Crippen molar-refractivity contribution in [1.82, 2.24) is 0 Å². The van der Waals surface area contributed by atoms with Crippen molar-refractivity contribution in [2.45, 2.75) is 50.3 Å². The molecule has 4 aliphatic rings. The van der Waals surface area contributed by atoms with E-state index in [2.05, 4.69) is 44.5 Å². The molecule has 0 bridgehead atoms. The third kappa shape index (κ3) is 2.24. The molecule has 20 heavy (non-hydrogen) atoms. The number of epoxide rings is 1. The topological polar surface area (TPSA) is 31.0 Å². The van der Waals surface area contributed by atoms with Crippen molar-refractivity contribution in [3.05, 3.63) is 27.0 Å². The normalized spacial score (nSPS) is 48.5. The maximum Gasteiger partial charge on any atom is 0.132 e. The van der Waals surface area contributed by atoms with Gasteiger partial charge in [0.2, 0.25) is 0 Å². The molecule has 108 valence electrons. The lowest BCUT2D eigenvalue weighted by molar-refractivity contribution is 0.0615. The van der Waals surface area contributed by atoms with E-state index in [4.69, 9.17) is 14.2 Å². The first-order valence-electron chi connectivity index (χ1n) is 7.07. The molecule has 1 aliphatic carbocycles. The monoisotopic (exact) mass is 402 g/mol. The van der Waals surface area contributed by atoms with Gasteiger partial charge in [-0.2, -0.15) is 0 Å². The Bertz CT molecular complexity index is 523. The van der Waals surface area contributed by atoms with Crippen molar-refractivity contribution in [3.8, 4) is 0 Å². The number of rotatable bonds is 3. The van der Waals surface area contributed by atoms with Gasteiger partial charge in [-0.25, -0.2) is 0 Å². The van der Waals surface area contributed by atoms with E-state index >= 15 is 0 Å². The number of hydrogen-bond donors (Lipinski definition) is 0. The highest BCUT2D eigenvalue weighted by Gasteiger charge is 2.58. The summed E-state index contributed by atoms with van der Waals surface area (Å²) < 4.78 is 18.9. The summed E-state index contributed by atoms with van der Waals surface area (Å²) in [6.45, 7) is 2.14. The second-order valence-corrected chi connectivity index (χ2v) is 7.27. The van der Waals surface area contributed by atoms with Crippen LogP contribution in [0.5, 0.6) is 0 Å². The van der Waals surface area contributed by atoms with Crippen molar-refractivity contribution in [2.24, 2.45) is 11.8 Å². The zero-order chi connectivity index (χ0) is 13.9. The van der Waals surface area contributed by atoms with Gasteiger partial charge in [0.05, 0.1) is 22.8 Å². The lowest BCUT2D eigenvalue weighted by Gasteiger charge is -2.09. The number of fused-ring (bicyclic) bond motifs is 1. The zero-order valence-electron chi connectivity index (χ0n) is 11.1. The summed E-state index contributed by atoms with van der Waals surface area (Å²) in [7, 11) is 0. The molecule has 3 nitrogen and oxygen atoms in total. The molecule has 4 rings (SSSR count). The van der Waals surface area contributed by atoms with Crippen LogP contribution in [-0.4, -0.2) is 30.5 Å².